The lowest BCUT2D eigenvalue weighted by molar-refractivity contribution is 0.340. The van der Waals surface area contributed by atoms with Gasteiger partial charge in [-0.25, -0.2) is 0 Å². The average molecular weight is 262 g/mol. The number of benzene rings is 2. The van der Waals surface area contributed by atoms with Gasteiger partial charge in [0.05, 0.1) is 14.2 Å². The zero-order valence-corrected chi connectivity index (χ0v) is 10.6. The molecule has 0 heterocycles. The summed E-state index contributed by atoms with van der Waals surface area (Å²) in [4.78, 5) is 0. The number of rotatable bonds is 4. The van der Waals surface area contributed by atoms with Gasteiger partial charge in [0, 0.05) is 12.1 Å². The fourth-order valence-corrected chi connectivity index (χ4v) is 1.60. The molecule has 0 saturated carbocycles. The van der Waals surface area contributed by atoms with Gasteiger partial charge in [-0.2, -0.15) is 0 Å². The third-order valence-corrected chi connectivity index (χ3v) is 2.50. The molecule has 0 aliphatic carbocycles. The molecule has 2 N–H and O–H groups in total. The van der Waals surface area contributed by atoms with Crippen LogP contribution >= 0.6 is 0 Å². The molecule has 100 valence electrons. The molecule has 0 radical (unpaired) electrons. The molecule has 2 aromatic rings. The van der Waals surface area contributed by atoms with Crippen LogP contribution in [0.4, 0.5) is 0 Å². The lowest BCUT2D eigenvalue weighted by Gasteiger charge is -2.14. The molecule has 0 atom stereocenters. The Kier molecular flexibility index (Phi) is 3.66. The van der Waals surface area contributed by atoms with E-state index in [0.717, 1.165) is 0 Å². The first-order chi connectivity index (χ1) is 9.13. The number of ether oxygens (including phenoxy) is 3. The Morgan fingerprint density at radius 2 is 1.32 bits per heavy atom. The summed E-state index contributed by atoms with van der Waals surface area (Å²) in [6.07, 6.45) is 0. The Hall–Kier alpha value is -2.56. The largest absolute Gasteiger partial charge is 0.508 e. The van der Waals surface area contributed by atoms with Gasteiger partial charge in [-0.15, -0.1) is 0 Å². The van der Waals surface area contributed by atoms with E-state index in [9.17, 15) is 10.2 Å². The van der Waals surface area contributed by atoms with E-state index in [4.69, 9.17) is 14.2 Å². The molecule has 2 rings (SSSR count). The van der Waals surface area contributed by atoms with Gasteiger partial charge in [0.15, 0.2) is 11.5 Å². The lowest BCUT2D eigenvalue weighted by Crippen LogP contribution is -1.94. The monoisotopic (exact) mass is 262 g/mol. The van der Waals surface area contributed by atoms with Gasteiger partial charge in [-0.3, -0.25) is 0 Å². The summed E-state index contributed by atoms with van der Waals surface area (Å²) in [5, 5.41) is 18.8. The third-order valence-electron chi connectivity index (χ3n) is 2.50. The van der Waals surface area contributed by atoms with E-state index in [2.05, 4.69) is 0 Å². The van der Waals surface area contributed by atoms with Gasteiger partial charge in [-0.05, 0) is 24.3 Å². The summed E-state index contributed by atoms with van der Waals surface area (Å²) in [6.45, 7) is 0. The van der Waals surface area contributed by atoms with E-state index < -0.39 is 0 Å². The van der Waals surface area contributed by atoms with Crippen molar-refractivity contribution < 1.29 is 24.4 Å². The normalized spacial score (nSPS) is 10.0. The number of phenolic OH excluding ortho intramolecular Hbond substituents is 2. The molecule has 0 aliphatic rings. The summed E-state index contributed by atoms with van der Waals surface area (Å²) in [5.41, 5.74) is 0. The maximum atomic E-state index is 9.53. The topological polar surface area (TPSA) is 68.2 Å². The molecule has 0 spiro atoms. The quantitative estimate of drug-likeness (QED) is 0.886. The van der Waals surface area contributed by atoms with Crippen LogP contribution in [-0.4, -0.2) is 24.4 Å². The first kappa shape index (κ1) is 12.9. The molecule has 5 heteroatoms. The first-order valence-electron chi connectivity index (χ1n) is 5.56. The average Bonchev–Trinajstić information content (AvgIpc) is 2.42. The minimum Gasteiger partial charge on any atom is -0.508 e. The van der Waals surface area contributed by atoms with Crippen LogP contribution in [0, 0.1) is 0 Å². The van der Waals surface area contributed by atoms with Crippen molar-refractivity contribution in [1.82, 2.24) is 0 Å². The Morgan fingerprint density at radius 3 is 1.79 bits per heavy atom. The van der Waals surface area contributed by atoms with Crippen molar-refractivity contribution in [3.8, 4) is 34.5 Å². The second kappa shape index (κ2) is 5.39. The minimum absolute atomic E-state index is 0.0201. The standard InChI is InChI=1S/C14H14O5/c1-17-12-7-10(16)8-13(18-2)14(12)19-11-5-3-9(15)4-6-11/h3-8,15-16H,1-2H3. The number of hydrogen-bond acceptors (Lipinski definition) is 5. The van der Waals surface area contributed by atoms with E-state index in [0.29, 0.717) is 23.0 Å². The molecular formula is C14H14O5. The molecule has 19 heavy (non-hydrogen) atoms. The fourth-order valence-electron chi connectivity index (χ4n) is 1.60. The Morgan fingerprint density at radius 1 is 0.789 bits per heavy atom. The van der Waals surface area contributed by atoms with Crippen LogP contribution < -0.4 is 14.2 Å². The van der Waals surface area contributed by atoms with Crippen LogP contribution in [0.5, 0.6) is 34.5 Å². The summed E-state index contributed by atoms with van der Waals surface area (Å²) >= 11 is 0. The molecule has 0 fully saturated rings. The van der Waals surface area contributed by atoms with Crippen LogP contribution in [-0.2, 0) is 0 Å². The molecule has 0 saturated heterocycles. The van der Waals surface area contributed by atoms with Crippen molar-refractivity contribution in [3.63, 3.8) is 0 Å². The predicted molar refractivity (Wildman–Crippen MR) is 69.4 cm³/mol. The van der Waals surface area contributed by atoms with Gasteiger partial charge in [0.25, 0.3) is 0 Å². The molecular weight excluding hydrogens is 248 g/mol. The van der Waals surface area contributed by atoms with Crippen molar-refractivity contribution in [2.75, 3.05) is 14.2 Å². The van der Waals surface area contributed by atoms with Crippen LogP contribution in [0.15, 0.2) is 36.4 Å². The van der Waals surface area contributed by atoms with Crippen LogP contribution in [0.2, 0.25) is 0 Å². The van der Waals surface area contributed by atoms with Crippen molar-refractivity contribution in [1.29, 1.82) is 0 Å². The van der Waals surface area contributed by atoms with E-state index >= 15 is 0 Å². The summed E-state index contributed by atoms with van der Waals surface area (Å²) in [6, 6.07) is 9.10. The number of phenols is 2. The molecule has 0 aromatic heterocycles. The number of methoxy groups -OCH3 is 2. The highest BCUT2D eigenvalue weighted by molar-refractivity contribution is 5.57. The molecule has 5 nitrogen and oxygen atoms in total. The fraction of sp³-hybridized carbons (Fsp3) is 0.143. The molecule has 2 aromatic carbocycles. The lowest BCUT2D eigenvalue weighted by atomic mass is 10.2. The Labute approximate surface area is 110 Å². The summed E-state index contributed by atoms with van der Waals surface area (Å²) in [7, 11) is 2.94. The van der Waals surface area contributed by atoms with E-state index in [1.54, 1.807) is 12.1 Å². The zero-order chi connectivity index (χ0) is 13.8. The van der Waals surface area contributed by atoms with Gasteiger partial charge in [0.2, 0.25) is 5.75 Å². The van der Waals surface area contributed by atoms with E-state index in [1.807, 2.05) is 0 Å². The highest BCUT2D eigenvalue weighted by Crippen LogP contribution is 2.43. The van der Waals surface area contributed by atoms with E-state index in [-0.39, 0.29) is 11.5 Å². The number of aromatic hydroxyl groups is 2. The van der Waals surface area contributed by atoms with Crippen molar-refractivity contribution >= 4 is 0 Å². The third kappa shape index (κ3) is 2.82. The highest BCUT2D eigenvalue weighted by atomic mass is 16.5. The molecule has 0 amide bonds. The second-order valence-electron chi connectivity index (χ2n) is 3.78. The zero-order valence-electron chi connectivity index (χ0n) is 10.6. The smallest absolute Gasteiger partial charge is 0.211 e. The Bertz CT molecular complexity index is 538. The van der Waals surface area contributed by atoms with Gasteiger partial charge >= 0.3 is 0 Å². The summed E-state index contributed by atoms with van der Waals surface area (Å²) in [5.74, 6) is 1.74. The maximum absolute atomic E-state index is 9.53. The number of hydrogen-bond donors (Lipinski definition) is 2. The predicted octanol–water partition coefficient (Wildman–Crippen LogP) is 2.91. The molecule has 0 unspecified atom stereocenters. The van der Waals surface area contributed by atoms with Gasteiger partial charge in [0.1, 0.15) is 17.2 Å². The Balaban J connectivity index is 2.40. The molecule has 0 aliphatic heterocycles. The maximum Gasteiger partial charge on any atom is 0.211 e. The summed E-state index contributed by atoms with van der Waals surface area (Å²) < 4.78 is 16.0. The first-order valence-corrected chi connectivity index (χ1v) is 5.56. The van der Waals surface area contributed by atoms with Crippen molar-refractivity contribution in [2.45, 2.75) is 0 Å². The van der Waals surface area contributed by atoms with Gasteiger partial charge in [-0.1, -0.05) is 0 Å². The SMILES string of the molecule is COc1cc(O)cc(OC)c1Oc1ccc(O)cc1. The van der Waals surface area contributed by atoms with E-state index in [1.165, 1.54) is 38.5 Å². The van der Waals surface area contributed by atoms with Crippen LogP contribution in [0.1, 0.15) is 0 Å². The highest BCUT2D eigenvalue weighted by Gasteiger charge is 2.15. The van der Waals surface area contributed by atoms with Crippen LogP contribution in [0.3, 0.4) is 0 Å². The second-order valence-corrected chi connectivity index (χ2v) is 3.78. The van der Waals surface area contributed by atoms with Crippen LogP contribution in [0.25, 0.3) is 0 Å². The van der Waals surface area contributed by atoms with Crippen molar-refractivity contribution in [2.24, 2.45) is 0 Å². The van der Waals surface area contributed by atoms with Crippen molar-refractivity contribution in [3.05, 3.63) is 36.4 Å². The van der Waals surface area contributed by atoms with Gasteiger partial charge < -0.3 is 24.4 Å². The molecule has 0 bridgehead atoms. The minimum atomic E-state index is 0.0201.